The fourth-order valence-electron chi connectivity index (χ4n) is 1.39. The van der Waals surface area contributed by atoms with Crippen molar-refractivity contribution in [2.75, 3.05) is 0 Å². The number of rotatable bonds is 3. The van der Waals surface area contributed by atoms with Crippen molar-refractivity contribution in [3.8, 4) is 0 Å². The van der Waals surface area contributed by atoms with E-state index in [1.54, 1.807) is 0 Å². The Morgan fingerprint density at radius 2 is 1.65 bits per heavy atom. The van der Waals surface area contributed by atoms with E-state index in [1.165, 1.54) is 16.8 Å². The molecule has 1 aromatic heterocycles. The van der Waals surface area contributed by atoms with Gasteiger partial charge in [-0.15, -0.1) is 0 Å². The molecule has 0 aromatic carbocycles. The lowest BCUT2D eigenvalue weighted by atomic mass is 9.96. The summed E-state index contributed by atoms with van der Waals surface area (Å²) < 4.78 is 73.3. The molecule has 0 spiro atoms. The molecule has 0 saturated heterocycles. The summed E-state index contributed by atoms with van der Waals surface area (Å²) in [6, 6.07) is 1.37. The van der Waals surface area contributed by atoms with Crippen LogP contribution in [0.2, 0.25) is 0 Å². The zero-order valence-corrected chi connectivity index (χ0v) is 9.03. The summed E-state index contributed by atoms with van der Waals surface area (Å²) in [5.74, 6) is -3.71. The van der Waals surface area contributed by atoms with E-state index in [0.717, 1.165) is 11.3 Å². The molecule has 17 heavy (non-hydrogen) atoms. The molecule has 1 atom stereocenters. The highest BCUT2D eigenvalue weighted by atomic mass is 32.1. The number of hydrogen-bond acceptors (Lipinski definition) is 2. The van der Waals surface area contributed by atoms with E-state index in [-0.39, 0.29) is 5.56 Å². The summed E-state index contributed by atoms with van der Waals surface area (Å²) in [5.41, 5.74) is 0.251. The van der Waals surface area contributed by atoms with E-state index in [4.69, 9.17) is 5.11 Å². The van der Waals surface area contributed by atoms with Gasteiger partial charge in [-0.05, 0) is 22.4 Å². The van der Waals surface area contributed by atoms with Crippen molar-refractivity contribution < 1.29 is 31.4 Å². The minimum absolute atomic E-state index is 0.251. The van der Waals surface area contributed by atoms with E-state index in [2.05, 4.69) is 0 Å². The van der Waals surface area contributed by atoms with Gasteiger partial charge < -0.3 is 5.11 Å². The quantitative estimate of drug-likeness (QED) is 0.840. The van der Waals surface area contributed by atoms with E-state index < -0.39 is 30.8 Å². The monoisotopic (exact) mass is 278 g/mol. The molecule has 1 N–H and O–H groups in total. The molecule has 1 unspecified atom stereocenters. The fraction of sp³-hybridized carbons (Fsp3) is 0.556. The Hall–Kier alpha value is -0.760. The second-order valence-corrected chi connectivity index (χ2v) is 4.24. The summed E-state index contributed by atoms with van der Waals surface area (Å²) in [7, 11) is 0. The summed E-state index contributed by atoms with van der Waals surface area (Å²) in [6.45, 7) is 0. The van der Waals surface area contributed by atoms with Gasteiger partial charge in [0.1, 0.15) is 0 Å². The molecule has 0 aliphatic heterocycles. The number of aliphatic hydroxyl groups excluding tert-OH is 1. The van der Waals surface area contributed by atoms with Gasteiger partial charge >= 0.3 is 12.4 Å². The molecule has 1 aromatic rings. The van der Waals surface area contributed by atoms with Gasteiger partial charge in [0, 0.05) is 6.42 Å². The Labute approximate surface area is 96.7 Å². The van der Waals surface area contributed by atoms with Crippen LogP contribution < -0.4 is 0 Å². The largest absolute Gasteiger partial charge is 0.403 e. The Bertz CT molecular complexity index is 327. The van der Waals surface area contributed by atoms with Gasteiger partial charge in [-0.3, -0.25) is 0 Å². The van der Waals surface area contributed by atoms with Gasteiger partial charge in [-0.1, -0.05) is 0 Å². The van der Waals surface area contributed by atoms with E-state index >= 15 is 0 Å². The number of alkyl halides is 6. The normalized spacial score (nSPS) is 15.3. The maximum atomic E-state index is 12.2. The number of hydrogen-bond donors (Lipinski definition) is 1. The van der Waals surface area contributed by atoms with Crippen LogP contribution in [0, 0.1) is 5.92 Å². The van der Waals surface area contributed by atoms with E-state index in [1.807, 2.05) is 0 Å². The third-order valence-corrected chi connectivity index (χ3v) is 2.85. The van der Waals surface area contributed by atoms with Crippen LogP contribution in [0.1, 0.15) is 5.56 Å². The van der Waals surface area contributed by atoms with Gasteiger partial charge in [0.15, 0.2) is 5.92 Å². The molecule has 1 heterocycles. The van der Waals surface area contributed by atoms with Crippen LogP contribution >= 0.6 is 11.3 Å². The third-order valence-electron chi connectivity index (χ3n) is 2.12. The molecule has 0 bridgehead atoms. The summed E-state index contributed by atoms with van der Waals surface area (Å²) in [4.78, 5) is 0. The summed E-state index contributed by atoms with van der Waals surface area (Å²) >= 11 is 1.13. The van der Waals surface area contributed by atoms with Crippen LogP contribution in [0.5, 0.6) is 0 Å². The van der Waals surface area contributed by atoms with Crippen molar-refractivity contribution in [3.05, 3.63) is 22.4 Å². The van der Waals surface area contributed by atoms with Crippen molar-refractivity contribution in [3.63, 3.8) is 0 Å². The minimum Gasteiger partial charge on any atom is -0.392 e. The summed E-state index contributed by atoms with van der Waals surface area (Å²) in [6.07, 6.45) is -14.2. The Balaban J connectivity index is 2.84. The third kappa shape index (κ3) is 3.88. The van der Waals surface area contributed by atoms with Gasteiger partial charge in [-0.25, -0.2) is 0 Å². The molecule has 98 valence electrons. The minimum atomic E-state index is -5.51. The smallest absolute Gasteiger partial charge is 0.392 e. The molecular weight excluding hydrogens is 270 g/mol. The van der Waals surface area contributed by atoms with Crippen molar-refractivity contribution >= 4 is 11.3 Å². The lowest BCUT2D eigenvalue weighted by Crippen LogP contribution is -2.45. The predicted octanol–water partition coefficient (Wildman–Crippen LogP) is 3.39. The predicted molar refractivity (Wildman–Crippen MR) is 49.6 cm³/mol. The van der Waals surface area contributed by atoms with Crippen LogP contribution in [0.15, 0.2) is 16.8 Å². The van der Waals surface area contributed by atoms with Crippen molar-refractivity contribution in [1.82, 2.24) is 0 Å². The molecule has 1 rings (SSSR count). The molecular formula is C9H8F6OS. The number of aliphatic hydroxyl groups is 1. The second-order valence-electron chi connectivity index (χ2n) is 3.46. The van der Waals surface area contributed by atoms with Crippen LogP contribution in [-0.4, -0.2) is 23.6 Å². The highest BCUT2D eigenvalue weighted by Crippen LogP contribution is 2.42. The second kappa shape index (κ2) is 4.85. The first-order chi connectivity index (χ1) is 7.62. The van der Waals surface area contributed by atoms with Crippen molar-refractivity contribution in [2.45, 2.75) is 24.9 Å². The van der Waals surface area contributed by atoms with Crippen LogP contribution in [0.3, 0.4) is 0 Å². The maximum absolute atomic E-state index is 12.2. The first-order valence-electron chi connectivity index (χ1n) is 4.45. The molecule has 0 amide bonds. The number of halogens is 6. The Kier molecular flexibility index (Phi) is 4.08. The van der Waals surface area contributed by atoms with Gasteiger partial charge in [0.25, 0.3) is 0 Å². The van der Waals surface area contributed by atoms with Crippen LogP contribution in [-0.2, 0) is 6.42 Å². The van der Waals surface area contributed by atoms with Crippen LogP contribution in [0.4, 0.5) is 26.3 Å². The zero-order valence-electron chi connectivity index (χ0n) is 8.22. The molecule has 1 nitrogen and oxygen atoms in total. The topological polar surface area (TPSA) is 20.2 Å². The average Bonchev–Trinajstić information content (AvgIpc) is 2.49. The SMILES string of the molecule is OC(Cc1ccsc1)C(C(F)(F)F)C(F)(F)F. The molecule has 0 fully saturated rings. The maximum Gasteiger partial charge on any atom is 0.403 e. The standard InChI is InChI=1S/C9H8F6OS/c10-8(11,12)7(9(13,14)15)6(16)3-5-1-2-17-4-5/h1-2,4,6-7,16H,3H2. The average molecular weight is 278 g/mol. The first-order valence-corrected chi connectivity index (χ1v) is 5.39. The highest BCUT2D eigenvalue weighted by Gasteiger charge is 2.59. The highest BCUT2D eigenvalue weighted by molar-refractivity contribution is 7.07. The lowest BCUT2D eigenvalue weighted by molar-refractivity contribution is -0.305. The Morgan fingerprint density at radius 1 is 1.12 bits per heavy atom. The zero-order chi connectivity index (χ0) is 13.3. The first kappa shape index (κ1) is 14.3. The van der Waals surface area contributed by atoms with Crippen molar-refractivity contribution in [1.29, 1.82) is 0 Å². The van der Waals surface area contributed by atoms with E-state index in [9.17, 15) is 26.3 Å². The fourth-order valence-corrected chi connectivity index (χ4v) is 2.07. The molecule has 0 aliphatic rings. The molecule has 8 heteroatoms. The molecule has 0 aliphatic carbocycles. The Morgan fingerprint density at radius 3 is 2.00 bits per heavy atom. The van der Waals surface area contributed by atoms with Gasteiger partial charge in [0.05, 0.1) is 6.10 Å². The van der Waals surface area contributed by atoms with Crippen LogP contribution in [0.25, 0.3) is 0 Å². The summed E-state index contributed by atoms with van der Waals surface area (Å²) in [5, 5.41) is 12.0. The van der Waals surface area contributed by atoms with Gasteiger partial charge in [-0.2, -0.15) is 37.7 Å². The number of thiophene rings is 1. The van der Waals surface area contributed by atoms with E-state index in [0.29, 0.717) is 0 Å². The van der Waals surface area contributed by atoms with Gasteiger partial charge in [0.2, 0.25) is 0 Å². The molecule has 0 radical (unpaired) electrons. The molecule has 0 saturated carbocycles. The lowest BCUT2D eigenvalue weighted by Gasteiger charge is -2.27. The van der Waals surface area contributed by atoms with Crippen molar-refractivity contribution in [2.24, 2.45) is 5.92 Å².